The van der Waals surface area contributed by atoms with Crippen LogP contribution in [-0.4, -0.2) is 27.8 Å². The van der Waals surface area contributed by atoms with Gasteiger partial charge in [0.25, 0.3) is 5.91 Å². The van der Waals surface area contributed by atoms with Crippen LogP contribution in [0.5, 0.6) is 5.75 Å². The van der Waals surface area contributed by atoms with Crippen LogP contribution in [0, 0.1) is 20.8 Å². The number of ether oxygens (including phenoxy) is 1. The van der Waals surface area contributed by atoms with Crippen LogP contribution >= 0.6 is 0 Å². The number of hydrogen-bond donors (Lipinski definition) is 1. The molecule has 4 rings (SSSR count). The summed E-state index contributed by atoms with van der Waals surface area (Å²) < 4.78 is 6.89. The van der Waals surface area contributed by atoms with Gasteiger partial charge in [0.1, 0.15) is 5.75 Å². The summed E-state index contributed by atoms with van der Waals surface area (Å²) in [6, 6.07) is 21.2. The van der Waals surface area contributed by atoms with Crippen LogP contribution in [0.2, 0.25) is 0 Å². The predicted molar refractivity (Wildman–Crippen MR) is 122 cm³/mol. The van der Waals surface area contributed by atoms with Crippen LogP contribution < -0.4 is 10.1 Å². The molecule has 1 heterocycles. The molecule has 156 valence electrons. The molecule has 6 heteroatoms. The number of methoxy groups -OCH3 is 1. The van der Waals surface area contributed by atoms with E-state index in [0.717, 1.165) is 28.1 Å². The van der Waals surface area contributed by atoms with Gasteiger partial charge in [0, 0.05) is 11.3 Å². The van der Waals surface area contributed by atoms with Crippen molar-refractivity contribution in [3.05, 3.63) is 89.2 Å². The Kier molecular flexibility index (Phi) is 5.54. The average Bonchev–Trinajstić information content (AvgIpc) is 3.22. The van der Waals surface area contributed by atoms with Crippen LogP contribution in [0.4, 0.5) is 5.69 Å². The molecule has 0 atom stereocenters. The topological polar surface area (TPSA) is 69.0 Å². The van der Waals surface area contributed by atoms with Gasteiger partial charge in [-0.05, 0) is 74.4 Å². The summed E-state index contributed by atoms with van der Waals surface area (Å²) in [5, 5.41) is 7.41. The van der Waals surface area contributed by atoms with Crippen molar-refractivity contribution in [3.63, 3.8) is 0 Å². The molecule has 1 aromatic heterocycles. The lowest BCUT2D eigenvalue weighted by atomic mass is 10.1. The molecule has 0 spiro atoms. The van der Waals surface area contributed by atoms with E-state index in [4.69, 9.17) is 4.74 Å². The van der Waals surface area contributed by atoms with Crippen LogP contribution in [0.3, 0.4) is 0 Å². The second-order valence-corrected chi connectivity index (χ2v) is 7.49. The smallest absolute Gasteiger partial charge is 0.295 e. The van der Waals surface area contributed by atoms with Crippen LogP contribution in [-0.2, 0) is 0 Å². The number of benzene rings is 3. The zero-order chi connectivity index (χ0) is 22.0. The lowest BCUT2D eigenvalue weighted by Crippen LogP contribution is -2.14. The minimum Gasteiger partial charge on any atom is -0.497 e. The van der Waals surface area contributed by atoms with Gasteiger partial charge in [-0.3, -0.25) is 4.79 Å². The van der Waals surface area contributed by atoms with Gasteiger partial charge in [0.2, 0.25) is 5.82 Å². The maximum Gasteiger partial charge on any atom is 0.295 e. The van der Waals surface area contributed by atoms with Crippen molar-refractivity contribution in [1.29, 1.82) is 0 Å². The molecule has 3 aromatic carbocycles. The molecule has 0 saturated carbocycles. The number of nitrogens with zero attached hydrogens (tertiary/aromatic N) is 3. The number of aryl methyl sites for hydroxylation is 3. The second kappa shape index (κ2) is 8.44. The molecule has 0 fully saturated rings. The van der Waals surface area contributed by atoms with Gasteiger partial charge < -0.3 is 10.1 Å². The first kappa shape index (κ1) is 20.3. The molecule has 4 aromatic rings. The van der Waals surface area contributed by atoms with Gasteiger partial charge in [-0.2, -0.15) is 0 Å². The first-order chi connectivity index (χ1) is 14.9. The third kappa shape index (κ3) is 4.33. The van der Waals surface area contributed by atoms with E-state index in [-0.39, 0.29) is 11.7 Å². The van der Waals surface area contributed by atoms with Crippen LogP contribution in [0.25, 0.3) is 17.1 Å². The van der Waals surface area contributed by atoms with Gasteiger partial charge >= 0.3 is 0 Å². The highest BCUT2D eigenvalue weighted by molar-refractivity contribution is 6.01. The number of hydrogen-bond acceptors (Lipinski definition) is 4. The summed E-state index contributed by atoms with van der Waals surface area (Å²) in [6.45, 7) is 6.15. The van der Waals surface area contributed by atoms with E-state index in [1.807, 2.05) is 43.3 Å². The SMILES string of the molecule is COc1ccc(NC(=O)c2nc(-c3cccc(C)c3)n(-c3ccc(C)c(C)c3)n2)cc1. The van der Waals surface area contributed by atoms with Crippen LogP contribution in [0.1, 0.15) is 27.3 Å². The third-order valence-corrected chi connectivity index (χ3v) is 5.17. The highest BCUT2D eigenvalue weighted by Crippen LogP contribution is 2.24. The lowest BCUT2D eigenvalue weighted by molar-refractivity contribution is 0.101. The van der Waals surface area contributed by atoms with Gasteiger partial charge in [-0.15, -0.1) is 5.10 Å². The number of nitrogens with one attached hydrogen (secondary N) is 1. The van der Waals surface area contributed by atoms with Gasteiger partial charge in [0.05, 0.1) is 12.8 Å². The largest absolute Gasteiger partial charge is 0.497 e. The van der Waals surface area contributed by atoms with Crippen molar-refractivity contribution >= 4 is 11.6 Å². The van der Waals surface area contributed by atoms with E-state index in [2.05, 4.69) is 35.3 Å². The highest BCUT2D eigenvalue weighted by Gasteiger charge is 2.19. The molecule has 0 unspecified atom stereocenters. The van der Waals surface area contributed by atoms with E-state index >= 15 is 0 Å². The Morgan fingerprint density at radius 3 is 2.39 bits per heavy atom. The maximum absolute atomic E-state index is 12.9. The Morgan fingerprint density at radius 1 is 0.935 bits per heavy atom. The van der Waals surface area contributed by atoms with Crippen molar-refractivity contribution in [2.75, 3.05) is 12.4 Å². The molecule has 0 aliphatic rings. The molecular formula is C25H24N4O2. The summed E-state index contributed by atoms with van der Waals surface area (Å²) >= 11 is 0. The fraction of sp³-hybridized carbons (Fsp3) is 0.160. The average molecular weight is 412 g/mol. The quantitative estimate of drug-likeness (QED) is 0.494. The normalized spacial score (nSPS) is 10.7. The third-order valence-electron chi connectivity index (χ3n) is 5.17. The minimum absolute atomic E-state index is 0.102. The first-order valence-electron chi connectivity index (χ1n) is 10.0. The van der Waals surface area contributed by atoms with Crippen molar-refractivity contribution in [1.82, 2.24) is 14.8 Å². The summed E-state index contributed by atoms with van der Waals surface area (Å²) in [6.07, 6.45) is 0. The number of carbonyl (C=O) groups excluding carboxylic acids is 1. The van der Waals surface area contributed by atoms with Crippen molar-refractivity contribution in [2.24, 2.45) is 0 Å². The van der Waals surface area contributed by atoms with E-state index in [9.17, 15) is 4.79 Å². The molecule has 0 radical (unpaired) electrons. The molecule has 0 saturated heterocycles. The zero-order valence-electron chi connectivity index (χ0n) is 18.0. The van der Waals surface area contributed by atoms with E-state index in [1.165, 1.54) is 5.56 Å². The number of anilines is 1. The van der Waals surface area contributed by atoms with E-state index < -0.39 is 0 Å². The van der Waals surface area contributed by atoms with E-state index in [0.29, 0.717) is 11.5 Å². The van der Waals surface area contributed by atoms with Crippen LogP contribution in [0.15, 0.2) is 66.7 Å². The first-order valence-corrected chi connectivity index (χ1v) is 10.0. The summed E-state index contributed by atoms with van der Waals surface area (Å²) in [7, 11) is 1.60. The number of aromatic nitrogens is 3. The van der Waals surface area contributed by atoms with Crippen molar-refractivity contribution in [2.45, 2.75) is 20.8 Å². The fourth-order valence-electron chi connectivity index (χ4n) is 3.28. The summed E-state index contributed by atoms with van der Waals surface area (Å²) in [5.74, 6) is 1.07. The fourth-order valence-corrected chi connectivity index (χ4v) is 3.28. The highest BCUT2D eigenvalue weighted by atomic mass is 16.5. The van der Waals surface area contributed by atoms with Crippen molar-refractivity contribution in [3.8, 4) is 22.8 Å². The lowest BCUT2D eigenvalue weighted by Gasteiger charge is -2.09. The molecular weight excluding hydrogens is 388 g/mol. The van der Waals surface area contributed by atoms with E-state index in [1.54, 1.807) is 36.1 Å². The Hall–Kier alpha value is -3.93. The van der Waals surface area contributed by atoms with Gasteiger partial charge in [-0.1, -0.05) is 29.8 Å². The molecule has 6 nitrogen and oxygen atoms in total. The Morgan fingerprint density at radius 2 is 1.71 bits per heavy atom. The molecule has 0 aliphatic heterocycles. The molecule has 1 N–H and O–H groups in total. The predicted octanol–water partition coefficient (Wildman–Crippen LogP) is 5.12. The zero-order valence-corrected chi connectivity index (χ0v) is 18.0. The van der Waals surface area contributed by atoms with Gasteiger partial charge in [0.15, 0.2) is 5.82 Å². The molecule has 0 aliphatic carbocycles. The Bertz CT molecular complexity index is 1240. The van der Waals surface area contributed by atoms with Crippen molar-refractivity contribution < 1.29 is 9.53 Å². The number of amides is 1. The Labute approximate surface area is 181 Å². The standard InChI is InChI=1S/C25H24N4O2/c1-16-6-5-7-19(14-16)24-27-23(25(30)26-20-9-12-22(31-4)13-10-20)28-29(24)21-11-8-17(2)18(3)15-21/h5-15H,1-4H3,(H,26,30). The Balaban J connectivity index is 1.74. The summed E-state index contributed by atoms with van der Waals surface area (Å²) in [4.78, 5) is 17.5. The number of rotatable bonds is 5. The maximum atomic E-state index is 12.9. The molecule has 0 bridgehead atoms. The second-order valence-electron chi connectivity index (χ2n) is 7.49. The summed E-state index contributed by atoms with van der Waals surface area (Å²) in [5.41, 5.74) is 5.84. The molecule has 1 amide bonds. The molecule has 31 heavy (non-hydrogen) atoms. The minimum atomic E-state index is -0.373. The monoisotopic (exact) mass is 412 g/mol. The van der Waals surface area contributed by atoms with Gasteiger partial charge in [-0.25, -0.2) is 9.67 Å². The number of carbonyl (C=O) groups is 1.